The van der Waals surface area contributed by atoms with Crippen LogP contribution in [-0.4, -0.2) is 21.8 Å². The topological polar surface area (TPSA) is 47.3 Å². The lowest BCUT2D eigenvalue weighted by Crippen LogP contribution is -2.09. The van der Waals surface area contributed by atoms with E-state index in [0.717, 1.165) is 28.9 Å². The van der Waals surface area contributed by atoms with Crippen LogP contribution >= 0.6 is 11.8 Å². The molecular formula is C16H22N2O2S. The van der Waals surface area contributed by atoms with Crippen LogP contribution in [0.3, 0.4) is 0 Å². The van der Waals surface area contributed by atoms with Gasteiger partial charge in [-0.2, -0.15) is 0 Å². The summed E-state index contributed by atoms with van der Waals surface area (Å²) in [4.78, 5) is 4.43. The van der Waals surface area contributed by atoms with Crippen LogP contribution in [0.15, 0.2) is 35.6 Å². The van der Waals surface area contributed by atoms with Crippen LogP contribution in [-0.2, 0) is 18.9 Å². The van der Waals surface area contributed by atoms with E-state index in [-0.39, 0.29) is 6.61 Å². The zero-order chi connectivity index (χ0) is 15.2. The molecule has 0 aliphatic rings. The number of thioether (sulfide) groups is 1. The van der Waals surface area contributed by atoms with E-state index in [1.165, 1.54) is 5.56 Å². The van der Waals surface area contributed by atoms with Gasteiger partial charge in [0.1, 0.15) is 5.75 Å². The molecule has 0 radical (unpaired) electrons. The Hall–Kier alpha value is -1.46. The van der Waals surface area contributed by atoms with Gasteiger partial charge in [-0.1, -0.05) is 37.7 Å². The van der Waals surface area contributed by atoms with Crippen molar-refractivity contribution in [3.8, 4) is 5.75 Å². The Kier molecular flexibility index (Phi) is 5.70. The highest BCUT2D eigenvalue weighted by molar-refractivity contribution is 7.98. The summed E-state index contributed by atoms with van der Waals surface area (Å²) in [7, 11) is 1.68. The zero-order valence-electron chi connectivity index (χ0n) is 12.7. The molecule has 0 atom stereocenters. The van der Waals surface area contributed by atoms with Gasteiger partial charge >= 0.3 is 0 Å². The van der Waals surface area contributed by atoms with E-state index in [1.54, 1.807) is 25.1 Å². The summed E-state index contributed by atoms with van der Waals surface area (Å²) in [6.45, 7) is 5.23. The van der Waals surface area contributed by atoms with Crippen molar-refractivity contribution in [1.29, 1.82) is 0 Å². The molecule has 4 nitrogen and oxygen atoms in total. The number of imidazole rings is 1. The second-order valence-corrected chi connectivity index (χ2v) is 6.28. The largest absolute Gasteiger partial charge is 0.497 e. The zero-order valence-corrected chi connectivity index (χ0v) is 13.6. The minimum Gasteiger partial charge on any atom is -0.497 e. The van der Waals surface area contributed by atoms with Crippen LogP contribution in [0.4, 0.5) is 0 Å². The molecule has 1 aromatic heterocycles. The molecular weight excluding hydrogens is 284 g/mol. The van der Waals surface area contributed by atoms with Crippen molar-refractivity contribution in [2.24, 2.45) is 5.92 Å². The van der Waals surface area contributed by atoms with Crippen molar-refractivity contribution < 1.29 is 9.84 Å². The van der Waals surface area contributed by atoms with Crippen molar-refractivity contribution >= 4 is 11.8 Å². The number of hydrogen-bond donors (Lipinski definition) is 1. The first kappa shape index (κ1) is 15.9. The lowest BCUT2D eigenvalue weighted by Gasteiger charge is -2.13. The van der Waals surface area contributed by atoms with Crippen molar-refractivity contribution in [2.45, 2.75) is 37.9 Å². The molecule has 0 aliphatic carbocycles. The van der Waals surface area contributed by atoms with E-state index in [0.29, 0.717) is 5.92 Å². The van der Waals surface area contributed by atoms with Gasteiger partial charge in [-0.15, -0.1) is 0 Å². The van der Waals surface area contributed by atoms with Crippen LogP contribution in [0.2, 0.25) is 0 Å². The number of ether oxygens (including phenoxy) is 1. The number of rotatable bonds is 7. The van der Waals surface area contributed by atoms with Crippen molar-refractivity contribution in [3.63, 3.8) is 0 Å². The van der Waals surface area contributed by atoms with E-state index in [9.17, 15) is 5.11 Å². The Morgan fingerprint density at radius 3 is 2.86 bits per heavy atom. The fourth-order valence-corrected chi connectivity index (χ4v) is 3.05. The Labute approximate surface area is 130 Å². The summed E-state index contributed by atoms with van der Waals surface area (Å²) >= 11 is 1.68. The Bertz CT molecular complexity index is 581. The highest BCUT2D eigenvalue weighted by atomic mass is 32.2. The molecule has 0 amide bonds. The maximum atomic E-state index is 9.41. The summed E-state index contributed by atoms with van der Waals surface area (Å²) in [5.74, 6) is 2.22. The number of aliphatic hydroxyl groups is 1. The van der Waals surface area contributed by atoms with Gasteiger partial charge in [0.15, 0.2) is 5.16 Å². The molecule has 0 spiro atoms. The molecule has 0 fully saturated rings. The van der Waals surface area contributed by atoms with E-state index in [2.05, 4.69) is 29.5 Å². The van der Waals surface area contributed by atoms with Gasteiger partial charge in [0.05, 0.1) is 25.6 Å². The minimum absolute atomic E-state index is 0.0272. The number of benzene rings is 1. The van der Waals surface area contributed by atoms with Gasteiger partial charge in [0.2, 0.25) is 0 Å². The van der Waals surface area contributed by atoms with Crippen molar-refractivity contribution in [3.05, 3.63) is 41.7 Å². The Morgan fingerprint density at radius 1 is 1.38 bits per heavy atom. The number of methoxy groups -OCH3 is 1. The summed E-state index contributed by atoms with van der Waals surface area (Å²) in [5.41, 5.74) is 2.07. The quantitative estimate of drug-likeness (QED) is 0.797. The molecule has 0 saturated carbocycles. The molecule has 2 aromatic rings. The number of hydrogen-bond acceptors (Lipinski definition) is 4. The molecule has 2 rings (SSSR count). The number of nitrogens with zero attached hydrogens (tertiary/aromatic N) is 2. The lowest BCUT2D eigenvalue weighted by atomic mass is 10.2. The molecule has 1 N–H and O–H groups in total. The molecule has 1 aromatic carbocycles. The maximum Gasteiger partial charge on any atom is 0.168 e. The van der Waals surface area contributed by atoms with Gasteiger partial charge in [-0.25, -0.2) is 4.98 Å². The molecule has 0 aliphatic heterocycles. The highest BCUT2D eigenvalue weighted by Crippen LogP contribution is 2.25. The fraction of sp³-hybridized carbons (Fsp3) is 0.438. The van der Waals surface area contributed by atoms with Crippen LogP contribution in [0.25, 0.3) is 0 Å². The molecule has 5 heteroatoms. The number of aliphatic hydroxyl groups excluding tert-OH is 1. The first-order chi connectivity index (χ1) is 10.1. The third-order valence-corrected chi connectivity index (χ3v) is 4.18. The smallest absolute Gasteiger partial charge is 0.168 e. The standard InChI is InChI=1S/C16H22N2O2S/c1-12(2)9-18-14(10-19)8-17-16(18)21-11-13-5-4-6-15(7-13)20-3/h4-8,12,19H,9-11H2,1-3H3. The predicted octanol–water partition coefficient (Wildman–Crippen LogP) is 3.33. The van der Waals surface area contributed by atoms with Crippen LogP contribution in [0, 0.1) is 5.92 Å². The SMILES string of the molecule is COc1cccc(CSc2ncc(CO)n2CC(C)C)c1. The monoisotopic (exact) mass is 306 g/mol. The van der Waals surface area contributed by atoms with Gasteiger partial charge in [0, 0.05) is 12.3 Å². The van der Waals surface area contributed by atoms with Crippen LogP contribution < -0.4 is 4.74 Å². The minimum atomic E-state index is 0.0272. The normalized spacial score (nSPS) is 11.1. The van der Waals surface area contributed by atoms with Gasteiger partial charge in [0.25, 0.3) is 0 Å². The van der Waals surface area contributed by atoms with E-state index in [4.69, 9.17) is 4.74 Å². The van der Waals surface area contributed by atoms with Crippen molar-refractivity contribution in [2.75, 3.05) is 7.11 Å². The summed E-state index contributed by atoms with van der Waals surface area (Å²) < 4.78 is 7.35. The average molecular weight is 306 g/mol. The highest BCUT2D eigenvalue weighted by Gasteiger charge is 2.11. The first-order valence-corrected chi connectivity index (χ1v) is 8.03. The number of aromatic nitrogens is 2. The fourth-order valence-electron chi connectivity index (χ4n) is 2.10. The molecule has 114 valence electrons. The molecule has 21 heavy (non-hydrogen) atoms. The Balaban J connectivity index is 2.10. The van der Waals surface area contributed by atoms with E-state index >= 15 is 0 Å². The summed E-state index contributed by atoms with van der Waals surface area (Å²) in [5, 5.41) is 10.4. The molecule has 0 unspecified atom stereocenters. The van der Waals surface area contributed by atoms with Gasteiger partial charge in [-0.3, -0.25) is 0 Å². The Morgan fingerprint density at radius 2 is 2.19 bits per heavy atom. The van der Waals surface area contributed by atoms with Gasteiger partial charge in [-0.05, 0) is 23.6 Å². The molecule has 1 heterocycles. The molecule has 0 saturated heterocycles. The maximum absolute atomic E-state index is 9.41. The van der Waals surface area contributed by atoms with Crippen LogP contribution in [0.5, 0.6) is 5.75 Å². The lowest BCUT2D eigenvalue weighted by molar-refractivity contribution is 0.266. The first-order valence-electron chi connectivity index (χ1n) is 7.05. The second kappa shape index (κ2) is 7.52. The summed E-state index contributed by atoms with van der Waals surface area (Å²) in [6, 6.07) is 8.06. The summed E-state index contributed by atoms with van der Waals surface area (Å²) in [6.07, 6.45) is 1.76. The third-order valence-electron chi connectivity index (χ3n) is 3.11. The van der Waals surface area contributed by atoms with E-state index in [1.807, 2.05) is 18.2 Å². The predicted molar refractivity (Wildman–Crippen MR) is 85.5 cm³/mol. The van der Waals surface area contributed by atoms with E-state index < -0.39 is 0 Å². The van der Waals surface area contributed by atoms with Crippen LogP contribution in [0.1, 0.15) is 25.1 Å². The van der Waals surface area contributed by atoms with Gasteiger partial charge < -0.3 is 14.4 Å². The van der Waals surface area contributed by atoms with Crippen molar-refractivity contribution in [1.82, 2.24) is 9.55 Å². The second-order valence-electron chi connectivity index (χ2n) is 5.33. The molecule has 0 bridgehead atoms. The third kappa shape index (κ3) is 4.25. The average Bonchev–Trinajstić information content (AvgIpc) is 2.86.